The van der Waals surface area contributed by atoms with Gasteiger partial charge in [-0.3, -0.25) is 4.98 Å². The number of aryl methyl sites for hydroxylation is 1. The number of thiocarbonyl (C=S) groups is 1. The molecule has 178 valence electrons. The van der Waals surface area contributed by atoms with Crippen LogP contribution in [-0.4, -0.2) is 14.7 Å². The summed E-state index contributed by atoms with van der Waals surface area (Å²) in [5.74, 6) is 1.65. The number of benzene rings is 2. The van der Waals surface area contributed by atoms with Gasteiger partial charge in [-0.15, -0.1) is 0 Å². The highest BCUT2D eigenvalue weighted by Crippen LogP contribution is 2.42. The Morgan fingerprint density at radius 2 is 1.69 bits per heavy atom. The second-order valence-electron chi connectivity index (χ2n) is 9.88. The Morgan fingerprint density at radius 1 is 0.943 bits per heavy atom. The van der Waals surface area contributed by atoms with Gasteiger partial charge >= 0.3 is 0 Å². The van der Waals surface area contributed by atoms with Gasteiger partial charge in [0.2, 0.25) is 0 Å². The third kappa shape index (κ3) is 4.66. The first kappa shape index (κ1) is 23.1. The number of aromatic nitrogens is 2. The minimum absolute atomic E-state index is 0.00925. The molecular formula is C29H30N4OS. The van der Waals surface area contributed by atoms with E-state index in [0.717, 1.165) is 28.4 Å². The molecular weight excluding hydrogens is 452 g/mol. The molecule has 2 aromatic heterocycles. The topological polar surface area (TPSA) is 42.3 Å². The lowest BCUT2D eigenvalue weighted by atomic mass is 9.98. The average Bonchev–Trinajstić information content (AvgIpc) is 3.47. The molecule has 2 aromatic carbocycles. The van der Waals surface area contributed by atoms with Crippen molar-refractivity contribution < 1.29 is 4.74 Å². The van der Waals surface area contributed by atoms with E-state index in [1.807, 2.05) is 61.7 Å². The number of pyridine rings is 1. The Balaban J connectivity index is 1.50. The third-order valence-electron chi connectivity index (χ3n) is 6.37. The molecule has 0 radical (unpaired) electrons. The maximum absolute atomic E-state index is 6.12. The largest absolute Gasteiger partial charge is 0.457 e. The van der Waals surface area contributed by atoms with Crippen LogP contribution >= 0.6 is 12.2 Å². The molecule has 0 saturated carbocycles. The van der Waals surface area contributed by atoms with Crippen molar-refractivity contribution in [1.82, 2.24) is 14.9 Å². The van der Waals surface area contributed by atoms with Gasteiger partial charge in [0.1, 0.15) is 11.5 Å². The van der Waals surface area contributed by atoms with E-state index in [1.54, 1.807) is 0 Å². The zero-order valence-electron chi connectivity index (χ0n) is 20.5. The van der Waals surface area contributed by atoms with Crippen LogP contribution < -0.4 is 15.0 Å². The smallest absolute Gasteiger partial charge is 0.174 e. The molecule has 0 unspecified atom stereocenters. The minimum atomic E-state index is -0.0672. The fourth-order valence-electron chi connectivity index (χ4n) is 4.45. The Hall–Kier alpha value is -3.64. The number of hydrogen-bond acceptors (Lipinski definition) is 3. The van der Waals surface area contributed by atoms with Crippen LogP contribution in [0.1, 0.15) is 49.7 Å². The fraction of sp³-hybridized carbons (Fsp3) is 0.241. The standard InChI is InChI=1S/C29H30N4OS/c1-20-9-5-6-11-25(20)34-23-14-12-22(13-15-23)33-27(21-16-18-32(19-21)29(2,3)4)26(31-28(33)35)24-10-7-8-17-30-24/h5-19,26-27H,1-4H3,(H,31,35)/t26-,27+/m0/s1. The molecule has 5 rings (SSSR count). The van der Waals surface area contributed by atoms with Crippen LogP contribution in [0.3, 0.4) is 0 Å². The van der Waals surface area contributed by atoms with Gasteiger partial charge in [-0.05, 0) is 99.6 Å². The summed E-state index contributed by atoms with van der Waals surface area (Å²) in [6.45, 7) is 8.66. The Kier molecular flexibility index (Phi) is 6.07. The van der Waals surface area contributed by atoms with Gasteiger partial charge in [-0.25, -0.2) is 0 Å². The number of anilines is 1. The van der Waals surface area contributed by atoms with Gasteiger partial charge < -0.3 is 19.5 Å². The SMILES string of the molecule is Cc1ccccc1Oc1ccc(N2C(=S)N[C@@H](c3ccccn3)[C@H]2c2ccn(C(C)(C)C)c2)cc1. The third-order valence-corrected chi connectivity index (χ3v) is 6.68. The molecule has 35 heavy (non-hydrogen) atoms. The van der Waals surface area contributed by atoms with Crippen molar-refractivity contribution in [2.75, 3.05) is 4.90 Å². The summed E-state index contributed by atoms with van der Waals surface area (Å²) in [4.78, 5) is 6.84. The molecule has 6 heteroatoms. The average molecular weight is 483 g/mol. The van der Waals surface area contributed by atoms with Gasteiger partial charge in [0.25, 0.3) is 0 Å². The highest BCUT2D eigenvalue weighted by Gasteiger charge is 2.41. The number of ether oxygens (including phenoxy) is 1. The molecule has 4 aromatic rings. The molecule has 1 saturated heterocycles. The lowest BCUT2D eigenvalue weighted by Crippen LogP contribution is -2.29. The molecule has 0 aliphatic carbocycles. The number of nitrogens with zero attached hydrogens (tertiary/aromatic N) is 3. The van der Waals surface area contributed by atoms with Gasteiger partial charge in [-0.2, -0.15) is 0 Å². The van der Waals surface area contributed by atoms with Crippen molar-refractivity contribution in [3.05, 3.63) is 108 Å². The zero-order valence-corrected chi connectivity index (χ0v) is 21.3. The van der Waals surface area contributed by atoms with Crippen LogP contribution in [0.2, 0.25) is 0 Å². The molecule has 1 fully saturated rings. The summed E-state index contributed by atoms with van der Waals surface area (Å²) in [6.07, 6.45) is 6.19. The van der Waals surface area contributed by atoms with Crippen LogP contribution in [0, 0.1) is 6.92 Å². The van der Waals surface area contributed by atoms with E-state index in [9.17, 15) is 0 Å². The predicted molar refractivity (Wildman–Crippen MR) is 145 cm³/mol. The van der Waals surface area contributed by atoms with Crippen molar-refractivity contribution in [2.45, 2.75) is 45.3 Å². The van der Waals surface area contributed by atoms with E-state index >= 15 is 0 Å². The van der Waals surface area contributed by atoms with Crippen molar-refractivity contribution in [3.63, 3.8) is 0 Å². The molecule has 0 amide bonds. The quantitative estimate of drug-likeness (QED) is 0.313. The number of para-hydroxylation sites is 1. The van der Waals surface area contributed by atoms with Crippen molar-refractivity contribution >= 4 is 23.0 Å². The summed E-state index contributed by atoms with van der Waals surface area (Å²) < 4.78 is 8.36. The number of nitrogens with one attached hydrogen (secondary N) is 1. The summed E-state index contributed by atoms with van der Waals surface area (Å²) in [6, 6.07) is 24.2. The van der Waals surface area contributed by atoms with Crippen LogP contribution in [-0.2, 0) is 5.54 Å². The van der Waals surface area contributed by atoms with Crippen molar-refractivity contribution in [3.8, 4) is 11.5 Å². The van der Waals surface area contributed by atoms with Crippen LogP contribution in [0.15, 0.2) is 91.4 Å². The number of hydrogen-bond donors (Lipinski definition) is 1. The highest BCUT2D eigenvalue weighted by molar-refractivity contribution is 7.80. The van der Waals surface area contributed by atoms with Crippen LogP contribution in [0.5, 0.6) is 11.5 Å². The van der Waals surface area contributed by atoms with E-state index in [4.69, 9.17) is 17.0 Å². The van der Waals surface area contributed by atoms with E-state index in [0.29, 0.717) is 5.11 Å². The van der Waals surface area contributed by atoms with E-state index in [1.165, 1.54) is 5.56 Å². The maximum atomic E-state index is 6.12. The Morgan fingerprint density at radius 3 is 2.34 bits per heavy atom. The molecule has 0 spiro atoms. The predicted octanol–water partition coefficient (Wildman–Crippen LogP) is 6.92. The second-order valence-corrected chi connectivity index (χ2v) is 10.3. The fourth-order valence-corrected chi connectivity index (χ4v) is 4.80. The lowest BCUT2D eigenvalue weighted by Gasteiger charge is -2.28. The Bertz CT molecular complexity index is 1320. The molecule has 2 atom stereocenters. The van der Waals surface area contributed by atoms with E-state index in [-0.39, 0.29) is 17.6 Å². The van der Waals surface area contributed by atoms with Gasteiger partial charge in [0.05, 0.1) is 17.8 Å². The first-order chi connectivity index (χ1) is 16.8. The lowest BCUT2D eigenvalue weighted by molar-refractivity contribution is 0.397. The van der Waals surface area contributed by atoms with E-state index in [2.05, 4.69) is 77.2 Å². The Labute approximate surface area is 212 Å². The van der Waals surface area contributed by atoms with Crippen molar-refractivity contribution in [1.29, 1.82) is 0 Å². The van der Waals surface area contributed by atoms with Crippen molar-refractivity contribution in [2.24, 2.45) is 0 Å². The molecule has 1 aliphatic heterocycles. The van der Waals surface area contributed by atoms with E-state index < -0.39 is 0 Å². The molecule has 3 heterocycles. The summed E-state index contributed by atoms with van der Waals surface area (Å²) in [5, 5.41) is 4.21. The van der Waals surface area contributed by atoms with Gasteiger partial charge in [-0.1, -0.05) is 24.3 Å². The summed E-state index contributed by atoms with van der Waals surface area (Å²) in [7, 11) is 0. The first-order valence-corrected chi connectivity index (χ1v) is 12.2. The molecule has 1 aliphatic rings. The molecule has 1 N–H and O–H groups in total. The molecule has 5 nitrogen and oxygen atoms in total. The van der Waals surface area contributed by atoms with Gasteiger partial charge in [0.15, 0.2) is 5.11 Å². The zero-order chi connectivity index (χ0) is 24.6. The van der Waals surface area contributed by atoms with Gasteiger partial charge in [0, 0.05) is 29.8 Å². The minimum Gasteiger partial charge on any atom is -0.457 e. The van der Waals surface area contributed by atoms with Crippen LogP contribution in [0.4, 0.5) is 5.69 Å². The number of rotatable bonds is 5. The first-order valence-electron chi connectivity index (χ1n) is 11.8. The van der Waals surface area contributed by atoms with Crippen LogP contribution in [0.25, 0.3) is 0 Å². The molecule has 0 bridgehead atoms. The second kappa shape index (κ2) is 9.19. The summed E-state index contributed by atoms with van der Waals surface area (Å²) >= 11 is 5.86. The maximum Gasteiger partial charge on any atom is 0.174 e. The monoisotopic (exact) mass is 482 g/mol. The normalized spacial score (nSPS) is 17.9. The summed E-state index contributed by atoms with van der Waals surface area (Å²) in [5.41, 5.74) is 4.24. The highest BCUT2D eigenvalue weighted by atomic mass is 32.1.